The van der Waals surface area contributed by atoms with E-state index in [-0.39, 0.29) is 17.9 Å². The van der Waals surface area contributed by atoms with E-state index in [2.05, 4.69) is 5.32 Å². The second-order valence-corrected chi connectivity index (χ2v) is 8.35. The van der Waals surface area contributed by atoms with Crippen molar-refractivity contribution in [3.05, 3.63) is 46.9 Å². The molecule has 0 saturated carbocycles. The SMILES string of the molecule is CNc1nc([C@H]2CCCN2C(=O)CCc2ccccc2OC)nc2c1CCN(C(C)=O)C2. The summed E-state index contributed by atoms with van der Waals surface area (Å²) in [7, 11) is 3.51. The number of hydrogen-bond acceptors (Lipinski definition) is 6. The molecule has 170 valence electrons. The van der Waals surface area contributed by atoms with Crippen LogP contribution in [0.5, 0.6) is 5.75 Å². The van der Waals surface area contributed by atoms with E-state index >= 15 is 0 Å². The molecule has 2 amide bonds. The fourth-order valence-corrected chi connectivity index (χ4v) is 4.70. The first-order valence-electron chi connectivity index (χ1n) is 11.3. The van der Waals surface area contributed by atoms with Gasteiger partial charge in [-0.2, -0.15) is 0 Å². The Labute approximate surface area is 189 Å². The van der Waals surface area contributed by atoms with Gasteiger partial charge in [0.1, 0.15) is 11.6 Å². The summed E-state index contributed by atoms with van der Waals surface area (Å²) >= 11 is 0. The summed E-state index contributed by atoms with van der Waals surface area (Å²) in [5.74, 6) is 2.44. The molecular weight excluding hydrogens is 406 g/mol. The molecule has 2 aliphatic rings. The molecule has 1 fully saturated rings. The van der Waals surface area contributed by atoms with Crippen molar-refractivity contribution in [2.24, 2.45) is 0 Å². The smallest absolute Gasteiger partial charge is 0.223 e. The molecular formula is C24H31N5O3. The summed E-state index contributed by atoms with van der Waals surface area (Å²) in [6.07, 6.45) is 3.56. The number of para-hydroxylation sites is 1. The van der Waals surface area contributed by atoms with Crippen LogP contribution in [0, 0.1) is 0 Å². The Hall–Kier alpha value is -3.16. The highest BCUT2D eigenvalue weighted by Gasteiger charge is 2.33. The van der Waals surface area contributed by atoms with Crippen LogP contribution in [-0.2, 0) is 29.0 Å². The molecule has 1 atom stereocenters. The molecule has 0 unspecified atom stereocenters. The molecule has 4 rings (SSSR count). The summed E-state index contributed by atoms with van der Waals surface area (Å²) in [6, 6.07) is 7.68. The van der Waals surface area contributed by atoms with Gasteiger partial charge in [-0.3, -0.25) is 9.59 Å². The van der Waals surface area contributed by atoms with Crippen LogP contribution < -0.4 is 10.1 Å². The molecule has 3 heterocycles. The quantitative estimate of drug-likeness (QED) is 0.748. The number of rotatable bonds is 6. The Balaban J connectivity index is 1.53. The van der Waals surface area contributed by atoms with E-state index in [0.29, 0.717) is 38.3 Å². The lowest BCUT2D eigenvalue weighted by Crippen LogP contribution is -2.36. The fraction of sp³-hybridized carbons (Fsp3) is 0.500. The second kappa shape index (κ2) is 9.54. The number of fused-ring (bicyclic) bond motifs is 1. The first-order valence-corrected chi connectivity index (χ1v) is 11.3. The van der Waals surface area contributed by atoms with Gasteiger partial charge in [0, 0.05) is 39.0 Å². The highest BCUT2D eigenvalue weighted by Crippen LogP contribution is 2.34. The topological polar surface area (TPSA) is 87.7 Å². The number of carbonyl (C=O) groups excluding carboxylic acids is 2. The number of carbonyl (C=O) groups is 2. The molecule has 1 aromatic carbocycles. The van der Waals surface area contributed by atoms with Crippen LogP contribution in [-0.4, -0.2) is 58.8 Å². The first-order chi connectivity index (χ1) is 15.5. The molecule has 1 saturated heterocycles. The van der Waals surface area contributed by atoms with Gasteiger partial charge in [-0.25, -0.2) is 9.97 Å². The van der Waals surface area contributed by atoms with Gasteiger partial charge in [0.2, 0.25) is 11.8 Å². The monoisotopic (exact) mass is 437 g/mol. The number of hydrogen-bond donors (Lipinski definition) is 1. The van der Waals surface area contributed by atoms with Crippen molar-refractivity contribution in [3.63, 3.8) is 0 Å². The first kappa shape index (κ1) is 22.0. The number of anilines is 1. The molecule has 1 aromatic heterocycles. The number of aryl methyl sites for hydroxylation is 1. The maximum Gasteiger partial charge on any atom is 0.223 e. The van der Waals surface area contributed by atoms with Gasteiger partial charge >= 0.3 is 0 Å². The van der Waals surface area contributed by atoms with Crippen molar-refractivity contribution >= 4 is 17.6 Å². The zero-order valence-corrected chi connectivity index (χ0v) is 19.1. The molecule has 2 aromatic rings. The van der Waals surface area contributed by atoms with Gasteiger partial charge in [-0.15, -0.1) is 0 Å². The Morgan fingerprint density at radius 3 is 2.78 bits per heavy atom. The van der Waals surface area contributed by atoms with Crippen molar-refractivity contribution < 1.29 is 14.3 Å². The third-order valence-electron chi connectivity index (χ3n) is 6.44. The van der Waals surface area contributed by atoms with Gasteiger partial charge in [0.05, 0.1) is 25.4 Å². The molecule has 32 heavy (non-hydrogen) atoms. The molecule has 8 heteroatoms. The number of methoxy groups -OCH3 is 1. The third kappa shape index (κ3) is 4.40. The number of nitrogens with one attached hydrogen (secondary N) is 1. The van der Waals surface area contributed by atoms with Gasteiger partial charge in [0.15, 0.2) is 5.82 Å². The summed E-state index contributed by atoms with van der Waals surface area (Å²) in [4.78, 5) is 38.4. The van der Waals surface area contributed by atoms with Crippen molar-refractivity contribution in [1.82, 2.24) is 19.8 Å². The normalized spacial score (nSPS) is 17.8. The minimum atomic E-state index is -0.134. The lowest BCUT2D eigenvalue weighted by Gasteiger charge is -2.30. The highest BCUT2D eigenvalue weighted by molar-refractivity contribution is 5.77. The maximum atomic E-state index is 13.1. The lowest BCUT2D eigenvalue weighted by atomic mass is 10.0. The number of likely N-dealkylation sites (tertiary alicyclic amines) is 1. The van der Waals surface area contributed by atoms with E-state index in [1.807, 2.05) is 41.1 Å². The molecule has 0 spiro atoms. The summed E-state index contributed by atoms with van der Waals surface area (Å²) < 4.78 is 5.42. The van der Waals surface area contributed by atoms with Crippen molar-refractivity contribution in [2.75, 3.05) is 32.6 Å². The van der Waals surface area contributed by atoms with Crippen LogP contribution in [0.1, 0.15) is 54.9 Å². The van der Waals surface area contributed by atoms with E-state index in [0.717, 1.165) is 47.7 Å². The van der Waals surface area contributed by atoms with Gasteiger partial charge in [-0.1, -0.05) is 18.2 Å². The maximum absolute atomic E-state index is 13.1. The summed E-state index contributed by atoms with van der Waals surface area (Å²) in [6.45, 7) is 3.47. The zero-order chi connectivity index (χ0) is 22.7. The van der Waals surface area contributed by atoms with Crippen LogP contribution in [0.4, 0.5) is 5.82 Å². The Kier molecular flexibility index (Phi) is 6.58. The van der Waals surface area contributed by atoms with E-state index in [4.69, 9.17) is 14.7 Å². The van der Waals surface area contributed by atoms with Gasteiger partial charge < -0.3 is 19.9 Å². The Morgan fingerprint density at radius 1 is 1.22 bits per heavy atom. The predicted octanol–water partition coefficient (Wildman–Crippen LogP) is 2.73. The number of amides is 2. The van der Waals surface area contributed by atoms with Crippen LogP contribution in [0.15, 0.2) is 24.3 Å². The third-order valence-corrected chi connectivity index (χ3v) is 6.44. The molecule has 0 radical (unpaired) electrons. The minimum absolute atomic E-state index is 0.0517. The van der Waals surface area contributed by atoms with Crippen LogP contribution >= 0.6 is 0 Å². The fourth-order valence-electron chi connectivity index (χ4n) is 4.70. The van der Waals surface area contributed by atoms with E-state index in [1.165, 1.54) is 0 Å². The Morgan fingerprint density at radius 2 is 2.03 bits per heavy atom. The lowest BCUT2D eigenvalue weighted by molar-refractivity contribution is -0.132. The second-order valence-electron chi connectivity index (χ2n) is 8.35. The largest absolute Gasteiger partial charge is 0.496 e. The average molecular weight is 438 g/mol. The van der Waals surface area contributed by atoms with E-state index in [9.17, 15) is 9.59 Å². The van der Waals surface area contributed by atoms with E-state index < -0.39 is 0 Å². The summed E-state index contributed by atoms with van der Waals surface area (Å²) in [5.41, 5.74) is 2.99. The van der Waals surface area contributed by atoms with E-state index in [1.54, 1.807) is 14.0 Å². The number of benzene rings is 1. The highest BCUT2D eigenvalue weighted by atomic mass is 16.5. The molecule has 1 N–H and O–H groups in total. The number of aromatic nitrogens is 2. The average Bonchev–Trinajstić information content (AvgIpc) is 3.31. The summed E-state index contributed by atoms with van der Waals surface area (Å²) in [5, 5.41) is 3.19. The Bertz CT molecular complexity index is 1010. The molecule has 0 bridgehead atoms. The van der Waals surface area contributed by atoms with Crippen LogP contribution in [0.2, 0.25) is 0 Å². The van der Waals surface area contributed by atoms with Gasteiger partial charge in [0.25, 0.3) is 0 Å². The number of ether oxygens (including phenoxy) is 1. The van der Waals surface area contributed by atoms with Crippen molar-refractivity contribution in [2.45, 2.75) is 51.6 Å². The van der Waals surface area contributed by atoms with Crippen LogP contribution in [0.25, 0.3) is 0 Å². The predicted molar refractivity (Wildman–Crippen MR) is 121 cm³/mol. The standard InChI is InChI=1S/C24H31N5O3/c1-16(30)28-14-12-18-19(15-28)26-24(27-23(18)25-2)20-8-6-13-29(20)22(31)11-10-17-7-4-5-9-21(17)32-3/h4-5,7,9,20H,6,8,10-15H2,1-3H3,(H,25,26,27)/t20-/m1/s1. The molecule has 0 aliphatic carbocycles. The van der Waals surface area contributed by atoms with Crippen molar-refractivity contribution in [1.29, 1.82) is 0 Å². The zero-order valence-electron chi connectivity index (χ0n) is 19.1. The number of nitrogens with zero attached hydrogens (tertiary/aromatic N) is 4. The van der Waals surface area contributed by atoms with Gasteiger partial charge in [-0.05, 0) is 37.3 Å². The van der Waals surface area contributed by atoms with Crippen molar-refractivity contribution in [3.8, 4) is 5.75 Å². The molecule has 8 nitrogen and oxygen atoms in total. The van der Waals surface area contributed by atoms with Crippen LogP contribution in [0.3, 0.4) is 0 Å². The molecule has 2 aliphatic heterocycles. The minimum Gasteiger partial charge on any atom is -0.496 e.